The molecule has 0 spiro atoms. The van der Waals surface area contributed by atoms with Crippen molar-refractivity contribution in [3.05, 3.63) is 4.64 Å². The lowest BCUT2D eigenvalue weighted by atomic mass is 10.3. The number of aromatic amines is 1. The molecule has 1 aromatic heterocycles. The highest BCUT2D eigenvalue weighted by Gasteiger charge is 2.25. The Morgan fingerprint density at radius 3 is 3.00 bits per heavy atom. The first kappa shape index (κ1) is 15.2. The van der Waals surface area contributed by atoms with E-state index in [0.29, 0.717) is 29.4 Å². The van der Waals surface area contributed by atoms with Crippen molar-refractivity contribution in [3.8, 4) is 0 Å². The van der Waals surface area contributed by atoms with Gasteiger partial charge in [0.1, 0.15) is 16.7 Å². The predicted octanol–water partition coefficient (Wildman–Crippen LogP) is 0.451. The zero-order chi connectivity index (χ0) is 14.9. The van der Waals surface area contributed by atoms with E-state index in [1.54, 1.807) is 6.92 Å². The first-order valence-corrected chi connectivity index (χ1v) is 8.01. The minimum absolute atomic E-state index is 0.214. The van der Waals surface area contributed by atoms with E-state index in [9.17, 15) is 4.57 Å². The summed E-state index contributed by atoms with van der Waals surface area (Å²) < 4.78 is 16.3. The third-order valence-electron chi connectivity index (χ3n) is 2.67. The number of anilines is 3. The molecule has 0 aliphatic carbocycles. The number of fused-ring (bicyclic) bond motifs is 1. The fourth-order valence-corrected chi connectivity index (χ4v) is 2.57. The smallest absolute Gasteiger partial charge is 0.350 e. The van der Waals surface area contributed by atoms with Gasteiger partial charge >= 0.3 is 7.60 Å². The van der Waals surface area contributed by atoms with Gasteiger partial charge in [-0.2, -0.15) is 4.98 Å². The Morgan fingerprint density at radius 1 is 1.65 bits per heavy atom. The second kappa shape index (κ2) is 5.66. The molecule has 1 unspecified atom stereocenters. The van der Waals surface area contributed by atoms with Crippen LogP contribution in [-0.2, 0) is 9.30 Å². The van der Waals surface area contributed by atoms with E-state index in [2.05, 4.69) is 15.3 Å². The van der Waals surface area contributed by atoms with Gasteiger partial charge in [0.25, 0.3) is 0 Å². The van der Waals surface area contributed by atoms with E-state index in [4.69, 9.17) is 32.5 Å². The largest absolute Gasteiger partial charge is 0.369 e. The van der Waals surface area contributed by atoms with Crippen molar-refractivity contribution in [3.63, 3.8) is 0 Å². The normalized spacial score (nSPS) is 15.8. The van der Waals surface area contributed by atoms with Crippen LogP contribution in [0.4, 0.5) is 17.5 Å². The van der Waals surface area contributed by atoms with Gasteiger partial charge in [0.15, 0.2) is 5.82 Å². The van der Waals surface area contributed by atoms with Gasteiger partial charge < -0.3 is 35.5 Å². The first-order valence-electron chi connectivity index (χ1n) is 5.81. The minimum Gasteiger partial charge on any atom is -0.369 e. The number of hydrogen-bond acceptors (Lipinski definition) is 7. The number of nitrogens with zero attached hydrogens (tertiary/aromatic N) is 2. The number of rotatable bonds is 5. The Labute approximate surface area is 120 Å². The average molecular weight is 321 g/mol. The molecular formula is C9H16N5O4PS. The number of nitrogens with two attached hydrogens (primary N) is 1. The summed E-state index contributed by atoms with van der Waals surface area (Å²) in [5.41, 5.74) is 6.31. The lowest BCUT2D eigenvalue weighted by molar-refractivity contribution is 0.0931. The van der Waals surface area contributed by atoms with Crippen LogP contribution in [-0.4, -0.2) is 45.4 Å². The lowest BCUT2D eigenvalue weighted by Gasteiger charge is -2.22. The Kier molecular flexibility index (Phi) is 4.31. The van der Waals surface area contributed by atoms with Crippen LogP contribution in [0.15, 0.2) is 0 Å². The van der Waals surface area contributed by atoms with Crippen LogP contribution in [0.25, 0.3) is 0 Å². The summed E-state index contributed by atoms with van der Waals surface area (Å²) in [6, 6.07) is 0. The summed E-state index contributed by atoms with van der Waals surface area (Å²) in [6.45, 7) is 2.61. The van der Waals surface area contributed by atoms with Crippen LogP contribution in [0.1, 0.15) is 6.92 Å². The van der Waals surface area contributed by atoms with Crippen LogP contribution >= 0.6 is 19.8 Å². The summed E-state index contributed by atoms with van der Waals surface area (Å²) in [6.07, 6.45) is -0.983. The Balaban J connectivity index is 2.04. The number of nitrogens with one attached hydrogen (secondary N) is 2. The molecule has 1 aliphatic heterocycles. The van der Waals surface area contributed by atoms with Crippen molar-refractivity contribution in [2.24, 2.45) is 0 Å². The third-order valence-corrected chi connectivity index (χ3v) is 3.46. The monoisotopic (exact) mass is 321 g/mol. The van der Waals surface area contributed by atoms with E-state index < -0.39 is 13.9 Å². The van der Waals surface area contributed by atoms with Crippen molar-refractivity contribution in [1.29, 1.82) is 0 Å². The highest BCUT2D eigenvalue weighted by Crippen LogP contribution is 2.35. The molecule has 1 aliphatic rings. The molecule has 0 fully saturated rings. The zero-order valence-electron chi connectivity index (χ0n) is 10.7. The molecule has 11 heteroatoms. The number of hydrogen-bond donors (Lipinski definition) is 5. The van der Waals surface area contributed by atoms with Crippen LogP contribution < -0.4 is 16.0 Å². The Hall–Kier alpha value is -1.19. The summed E-state index contributed by atoms with van der Waals surface area (Å²) in [5, 5.41) is 3.09. The number of H-pyrrole nitrogens is 1. The maximum absolute atomic E-state index is 10.8. The van der Waals surface area contributed by atoms with Gasteiger partial charge in [0.2, 0.25) is 5.95 Å². The van der Waals surface area contributed by atoms with Crippen LogP contribution in [0.2, 0.25) is 0 Å². The second-order valence-electron chi connectivity index (χ2n) is 4.48. The quantitative estimate of drug-likeness (QED) is 0.386. The van der Waals surface area contributed by atoms with Crippen molar-refractivity contribution < 1.29 is 19.1 Å². The topological polar surface area (TPSA) is 137 Å². The molecule has 9 nitrogen and oxygen atoms in total. The first-order chi connectivity index (χ1) is 9.26. The molecule has 0 amide bonds. The van der Waals surface area contributed by atoms with E-state index in [1.165, 1.54) is 0 Å². The predicted molar refractivity (Wildman–Crippen MR) is 77.1 cm³/mol. The molecule has 0 radical (unpaired) electrons. The van der Waals surface area contributed by atoms with Crippen molar-refractivity contribution in [2.45, 2.75) is 13.0 Å². The molecule has 0 bridgehead atoms. The summed E-state index contributed by atoms with van der Waals surface area (Å²) in [7, 11) is -4.16. The maximum Gasteiger partial charge on any atom is 0.350 e. The molecule has 2 rings (SSSR count). The molecular weight excluding hydrogens is 305 g/mol. The van der Waals surface area contributed by atoms with E-state index in [-0.39, 0.29) is 12.1 Å². The molecule has 0 saturated carbocycles. The van der Waals surface area contributed by atoms with Gasteiger partial charge in [-0.1, -0.05) is 12.2 Å². The van der Waals surface area contributed by atoms with Gasteiger partial charge in [-0.3, -0.25) is 4.57 Å². The van der Waals surface area contributed by atoms with Gasteiger partial charge in [-0.25, -0.2) is 0 Å². The highest BCUT2D eigenvalue weighted by atomic mass is 32.1. The van der Waals surface area contributed by atoms with Crippen molar-refractivity contribution in [2.75, 3.05) is 35.5 Å². The van der Waals surface area contributed by atoms with Gasteiger partial charge in [-0.05, 0) is 6.92 Å². The van der Waals surface area contributed by atoms with Gasteiger partial charge in [0, 0.05) is 6.54 Å². The van der Waals surface area contributed by atoms with E-state index in [0.717, 1.165) is 0 Å². The lowest BCUT2D eigenvalue weighted by Crippen LogP contribution is -2.32. The van der Waals surface area contributed by atoms with Crippen molar-refractivity contribution >= 4 is 37.3 Å². The molecule has 1 atom stereocenters. The van der Waals surface area contributed by atoms with Gasteiger partial charge in [-0.15, -0.1) is 0 Å². The molecule has 2 heterocycles. The molecule has 1 aromatic rings. The summed E-state index contributed by atoms with van der Waals surface area (Å²) >= 11 is 5.13. The SMILES string of the molecule is CC(CN1CNc2c1nc(N)[nH]c2=S)OCP(=O)(O)O. The zero-order valence-corrected chi connectivity index (χ0v) is 12.4. The fraction of sp³-hybridized carbons (Fsp3) is 0.556. The third kappa shape index (κ3) is 3.68. The van der Waals surface area contributed by atoms with Gasteiger partial charge in [0.05, 0.1) is 12.8 Å². The molecule has 6 N–H and O–H groups in total. The van der Waals surface area contributed by atoms with E-state index >= 15 is 0 Å². The molecule has 112 valence electrons. The summed E-state index contributed by atoms with van der Waals surface area (Å²) in [4.78, 5) is 26.3. The standard InChI is InChI=1S/C9H16N5O4PS/c1-5(18-4-19(15,16)17)2-14-3-11-6-7(14)12-9(10)13-8(6)20/h5,11H,2-4H2,1H3,(H2,15,16,17)(H3,10,12,13,20). The summed E-state index contributed by atoms with van der Waals surface area (Å²) in [5.74, 6) is 0.823. The van der Waals surface area contributed by atoms with Crippen LogP contribution in [0, 0.1) is 4.64 Å². The second-order valence-corrected chi connectivity index (χ2v) is 6.47. The minimum atomic E-state index is -4.16. The van der Waals surface area contributed by atoms with Crippen LogP contribution in [0.3, 0.4) is 0 Å². The van der Waals surface area contributed by atoms with Crippen molar-refractivity contribution in [1.82, 2.24) is 9.97 Å². The number of nitrogen functional groups attached to an aromatic ring is 1. The maximum atomic E-state index is 10.8. The van der Waals surface area contributed by atoms with Crippen LogP contribution in [0.5, 0.6) is 0 Å². The number of aromatic nitrogens is 2. The fourth-order valence-electron chi connectivity index (χ4n) is 1.85. The number of ether oxygens (including phenoxy) is 1. The van der Waals surface area contributed by atoms with E-state index in [1.807, 2.05) is 4.90 Å². The molecule has 20 heavy (non-hydrogen) atoms. The molecule has 0 saturated heterocycles. The molecule has 0 aromatic carbocycles. The highest BCUT2D eigenvalue weighted by molar-refractivity contribution is 7.71. The Morgan fingerprint density at radius 2 is 2.35 bits per heavy atom. The Bertz CT molecular complexity index is 602. The average Bonchev–Trinajstić information content (AvgIpc) is 2.69.